The van der Waals surface area contributed by atoms with Crippen molar-refractivity contribution in [2.24, 2.45) is 5.41 Å². The standard InChI is InChI=1S/C16H27F3N2O.2ClH/c17-16(18,19)15(6-7-15)12-22-11-14-3-1-2-10-21(14)13-4-8-20-9-5-13;;/h13-14,20H,1-12H2;2*1H. The van der Waals surface area contributed by atoms with Gasteiger partial charge in [-0.05, 0) is 58.2 Å². The minimum Gasteiger partial charge on any atom is -0.379 e. The minimum atomic E-state index is -4.10. The fourth-order valence-corrected chi connectivity index (χ4v) is 3.87. The molecule has 2 aliphatic heterocycles. The van der Waals surface area contributed by atoms with Crippen molar-refractivity contribution in [1.82, 2.24) is 10.2 Å². The Kier molecular flexibility index (Phi) is 8.60. The molecule has 1 saturated carbocycles. The van der Waals surface area contributed by atoms with Crippen LogP contribution in [0.25, 0.3) is 0 Å². The van der Waals surface area contributed by atoms with E-state index in [1.807, 2.05) is 0 Å². The van der Waals surface area contributed by atoms with Crippen LogP contribution in [-0.4, -0.2) is 56.0 Å². The van der Waals surface area contributed by atoms with Gasteiger partial charge in [0.25, 0.3) is 0 Å². The summed E-state index contributed by atoms with van der Waals surface area (Å²) in [4.78, 5) is 2.51. The van der Waals surface area contributed by atoms with Crippen molar-refractivity contribution in [1.29, 1.82) is 0 Å². The second-order valence-electron chi connectivity index (χ2n) is 7.16. The van der Waals surface area contributed by atoms with Crippen LogP contribution in [0.15, 0.2) is 0 Å². The van der Waals surface area contributed by atoms with Crippen molar-refractivity contribution in [3.8, 4) is 0 Å². The second-order valence-corrected chi connectivity index (χ2v) is 7.16. The van der Waals surface area contributed by atoms with Gasteiger partial charge in [0.1, 0.15) is 0 Å². The van der Waals surface area contributed by atoms with Crippen LogP contribution in [0, 0.1) is 5.41 Å². The molecule has 1 atom stereocenters. The average molecular weight is 393 g/mol. The number of nitrogens with one attached hydrogen (secondary N) is 1. The molecule has 3 fully saturated rings. The topological polar surface area (TPSA) is 24.5 Å². The van der Waals surface area contributed by atoms with Crippen LogP contribution >= 0.6 is 24.8 Å². The van der Waals surface area contributed by atoms with Gasteiger partial charge in [0, 0.05) is 12.1 Å². The van der Waals surface area contributed by atoms with Crippen LogP contribution in [-0.2, 0) is 4.74 Å². The van der Waals surface area contributed by atoms with Crippen LogP contribution in [0.2, 0.25) is 0 Å². The summed E-state index contributed by atoms with van der Waals surface area (Å²) in [6.07, 6.45) is 2.08. The van der Waals surface area contributed by atoms with Crippen molar-refractivity contribution in [3.05, 3.63) is 0 Å². The monoisotopic (exact) mass is 392 g/mol. The average Bonchev–Trinajstić information content (AvgIpc) is 3.30. The summed E-state index contributed by atoms with van der Waals surface area (Å²) in [7, 11) is 0. The fraction of sp³-hybridized carbons (Fsp3) is 1.00. The number of hydrogen-bond donors (Lipinski definition) is 1. The van der Waals surface area contributed by atoms with E-state index >= 15 is 0 Å². The third-order valence-corrected chi connectivity index (χ3v) is 5.59. The van der Waals surface area contributed by atoms with Crippen molar-refractivity contribution in [2.45, 2.75) is 63.2 Å². The largest absolute Gasteiger partial charge is 0.396 e. The molecule has 0 aromatic rings. The molecule has 0 bridgehead atoms. The van der Waals surface area contributed by atoms with E-state index < -0.39 is 11.6 Å². The highest BCUT2D eigenvalue weighted by molar-refractivity contribution is 5.85. The number of ether oxygens (including phenoxy) is 1. The Balaban J connectivity index is 0.00000144. The van der Waals surface area contributed by atoms with E-state index in [9.17, 15) is 13.2 Å². The van der Waals surface area contributed by atoms with Crippen LogP contribution in [0.4, 0.5) is 13.2 Å². The van der Waals surface area contributed by atoms with Gasteiger partial charge >= 0.3 is 6.18 Å². The van der Waals surface area contributed by atoms with Crippen molar-refractivity contribution >= 4 is 24.8 Å². The number of likely N-dealkylation sites (tertiary alicyclic amines) is 1. The number of nitrogens with zero attached hydrogens (tertiary/aromatic N) is 1. The Morgan fingerprint density at radius 3 is 2.29 bits per heavy atom. The van der Waals surface area contributed by atoms with E-state index in [0.29, 0.717) is 18.7 Å². The SMILES string of the molecule is Cl.Cl.FC(F)(F)C1(COCC2CCCCN2C2CCNCC2)CC1. The Hall–Kier alpha value is 0.250. The molecule has 0 aromatic carbocycles. The summed E-state index contributed by atoms with van der Waals surface area (Å²) in [5, 5.41) is 3.37. The first-order chi connectivity index (χ1) is 10.5. The Bertz CT molecular complexity index is 375. The number of hydrogen-bond acceptors (Lipinski definition) is 3. The van der Waals surface area contributed by atoms with Crippen LogP contribution in [0.3, 0.4) is 0 Å². The summed E-state index contributed by atoms with van der Waals surface area (Å²) in [5.41, 5.74) is -1.53. The maximum absolute atomic E-state index is 12.9. The van der Waals surface area contributed by atoms with Gasteiger partial charge in [-0.1, -0.05) is 6.42 Å². The first-order valence-electron chi connectivity index (χ1n) is 8.63. The molecule has 2 saturated heterocycles. The molecule has 24 heavy (non-hydrogen) atoms. The molecule has 0 spiro atoms. The first-order valence-corrected chi connectivity index (χ1v) is 8.63. The quantitative estimate of drug-likeness (QED) is 0.769. The number of alkyl halides is 3. The van der Waals surface area contributed by atoms with Gasteiger partial charge in [0.15, 0.2) is 0 Å². The lowest BCUT2D eigenvalue weighted by Crippen LogP contribution is -2.51. The van der Waals surface area contributed by atoms with Gasteiger partial charge in [-0.3, -0.25) is 4.90 Å². The van der Waals surface area contributed by atoms with E-state index in [4.69, 9.17) is 4.74 Å². The predicted molar refractivity (Wildman–Crippen MR) is 93.3 cm³/mol. The van der Waals surface area contributed by atoms with Gasteiger partial charge in [-0.15, -0.1) is 24.8 Å². The molecule has 0 aromatic heterocycles. The molecule has 1 unspecified atom stereocenters. The maximum Gasteiger partial charge on any atom is 0.396 e. The third kappa shape index (κ3) is 5.13. The lowest BCUT2D eigenvalue weighted by Gasteiger charge is -2.43. The number of halogens is 5. The van der Waals surface area contributed by atoms with Gasteiger partial charge in [0.2, 0.25) is 0 Å². The summed E-state index contributed by atoms with van der Waals surface area (Å²) in [6, 6.07) is 0.883. The zero-order valence-electron chi connectivity index (χ0n) is 13.9. The van der Waals surface area contributed by atoms with Gasteiger partial charge < -0.3 is 10.1 Å². The Morgan fingerprint density at radius 2 is 1.71 bits per heavy atom. The number of rotatable bonds is 5. The van der Waals surface area contributed by atoms with Gasteiger partial charge in [-0.2, -0.15) is 13.2 Å². The van der Waals surface area contributed by atoms with Crippen LogP contribution in [0.5, 0.6) is 0 Å². The molecule has 2 heterocycles. The van der Waals surface area contributed by atoms with E-state index in [-0.39, 0.29) is 44.3 Å². The summed E-state index contributed by atoms with van der Waals surface area (Å²) in [5.74, 6) is 0. The highest BCUT2D eigenvalue weighted by Crippen LogP contribution is 2.57. The fourth-order valence-electron chi connectivity index (χ4n) is 3.87. The van der Waals surface area contributed by atoms with E-state index in [1.54, 1.807) is 0 Å². The lowest BCUT2D eigenvalue weighted by atomic mass is 9.96. The second kappa shape index (κ2) is 9.26. The molecular weight excluding hydrogens is 364 g/mol. The minimum absolute atomic E-state index is 0. The van der Waals surface area contributed by atoms with Crippen LogP contribution in [0.1, 0.15) is 44.9 Å². The van der Waals surface area contributed by atoms with E-state index in [0.717, 1.165) is 38.9 Å². The van der Waals surface area contributed by atoms with E-state index in [1.165, 1.54) is 12.8 Å². The molecule has 3 nitrogen and oxygen atoms in total. The molecule has 3 aliphatic rings. The molecule has 8 heteroatoms. The highest BCUT2D eigenvalue weighted by atomic mass is 35.5. The third-order valence-electron chi connectivity index (χ3n) is 5.59. The maximum atomic E-state index is 12.9. The smallest absolute Gasteiger partial charge is 0.379 e. The van der Waals surface area contributed by atoms with Gasteiger partial charge in [0.05, 0.1) is 18.6 Å². The molecule has 0 radical (unpaired) electrons. The Morgan fingerprint density at radius 1 is 1.04 bits per heavy atom. The predicted octanol–water partition coefficient (Wildman–Crippen LogP) is 3.80. The summed E-state index contributed by atoms with van der Waals surface area (Å²) in [6.45, 7) is 3.48. The van der Waals surface area contributed by atoms with Crippen LogP contribution < -0.4 is 5.32 Å². The van der Waals surface area contributed by atoms with Crippen molar-refractivity contribution < 1.29 is 17.9 Å². The van der Waals surface area contributed by atoms with Gasteiger partial charge in [-0.25, -0.2) is 0 Å². The highest BCUT2D eigenvalue weighted by Gasteiger charge is 2.63. The zero-order valence-corrected chi connectivity index (χ0v) is 15.6. The molecular formula is C16H29Cl2F3N2O. The Labute approximate surface area is 154 Å². The molecule has 144 valence electrons. The summed E-state index contributed by atoms with van der Waals surface area (Å²) < 4.78 is 44.4. The molecule has 1 aliphatic carbocycles. The van der Waals surface area contributed by atoms with E-state index in [2.05, 4.69) is 10.2 Å². The van der Waals surface area contributed by atoms with Crippen molar-refractivity contribution in [3.63, 3.8) is 0 Å². The first kappa shape index (κ1) is 22.3. The molecule has 1 N–H and O–H groups in total. The number of piperidine rings is 2. The molecule has 3 rings (SSSR count). The lowest BCUT2D eigenvalue weighted by molar-refractivity contribution is -0.203. The molecule has 0 amide bonds. The zero-order chi connectivity index (χ0) is 15.6. The normalized spacial score (nSPS) is 27.9. The summed E-state index contributed by atoms with van der Waals surface area (Å²) >= 11 is 0. The van der Waals surface area contributed by atoms with Crippen molar-refractivity contribution in [2.75, 3.05) is 32.8 Å².